The van der Waals surface area contributed by atoms with E-state index >= 15 is 0 Å². The minimum atomic E-state index is -3.78. The van der Waals surface area contributed by atoms with Crippen LogP contribution < -0.4 is 0 Å². The molecule has 8 heteroatoms. The van der Waals surface area contributed by atoms with Crippen LogP contribution in [-0.2, 0) is 23.8 Å². The van der Waals surface area contributed by atoms with Gasteiger partial charge in [0.25, 0.3) is 10.1 Å². The fourth-order valence-corrected chi connectivity index (χ4v) is 7.29. The Morgan fingerprint density at radius 3 is 2.36 bits per heavy atom. The second kappa shape index (κ2) is 3.83. The highest BCUT2D eigenvalue weighted by Crippen LogP contribution is 2.74. The number of hydrogen-bond acceptors (Lipinski definition) is 5. The van der Waals surface area contributed by atoms with Gasteiger partial charge in [-0.2, -0.15) is 17.2 Å². The van der Waals surface area contributed by atoms with Crippen LogP contribution in [0.25, 0.3) is 0 Å². The second-order valence-electron chi connectivity index (χ2n) is 7.47. The van der Waals surface area contributed by atoms with Crippen molar-refractivity contribution in [1.82, 2.24) is 0 Å². The molecular formula is C14H20F2O5S. The molecule has 2 aliphatic carbocycles. The van der Waals surface area contributed by atoms with Gasteiger partial charge in [0.05, 0.1) is 5.25 Å². The van der Waals surface area contributed by atoms with E-state index in [4.69, 9.17) is 8.92 Å². The summed E-state index contributed by atoms with van der Waals surface area (Å²) >= 11 is 0. The van der Waals surface area contributed by atoms with Gasteiger partial charge in [-0.3, -0.25) is 4.18 Å². The van der Waals surface area contributed by atoms with Crippen LogP contribution in [0.5, 0.6) is 0 Å². The topological polar surface area (TPSA) is 69.7 Å². The number of carbonyl (C=O) groups excluding carboxylic acids is 1. The highest BCUT2D eigenvalue weighted by Gasteiger charge is 2.84. The third kappa shape index (κ3) is 1.50. The monoisotopic (exact) mass is 338 g/mol. The summed E-state index contributed by atoms with van der Waals surface area (Å²) in [5, 5.41) is -0.661. The Bertz CT molecular complexity index is 657. The lowest BCUT2D eigenvalue weighted by Gasteiger charge is -2.48. The van der Waals surface area contributed by atoms with Gasteiger partial charge < -0.3 is 4.74 Å². The van der Waals surface area contributed by atoms with Crippen molar-refractivity contribution >= 4 is 16.1 Å². The Kier molecular flexibility index (Phi) is 2.80. The van der Waals surface area contributed by atoms with Gasteiger partial charge in [0, 0.05) is 18.3 Å². The van der Waals surface area contributed by atoms with E-state index in [0.29, 0.717) is 6.92 Å². The van der Waals surface area contributed by atoms with Crippen LogP contribution in [0.1, 0.15) is 41.0 Å². The molecule has 6 atom stereocenters. The number of rotatable bonds is 2. The van der Waals surface area contributed by atoms with Crippen molar-refractivity contribution in [3.63, 3.8) is 0 Å². The minimum absolute atomic E-state index is 0.122. The molecule has 1 heterocycles. The first-order valence-corrected chi connectivity index (χ1v) is 8.73. The smallest absolute Gasteiger partial charge is 0.377 e. The van der Waals surface area contributed by atoms with Crippen LogP contribution in [0.2, 0.25) is 0 Å². The van der Waals surface area contributed by atoms with Gasteiger partial charge in [-0.05, 0) is 26.2 Å². The van der Waals surface area contributed by atoms with Gasteiger partial charge >= 0.3 is 11.9 Å². The normalized spacial score (nSPS) is 52.0. The number of halogens is 2. The second-order valence-corrected chi connectivity index (χ2v) is 9.23. The highest BCUT2D eigenvalue weighted by molar-refractivity contribution is 7.87. The van der Waals surface area contributed by atoms with E-state index in [1.54, 1.807) is 13.8 Å². The molecule has 1 aliphatic heterocycles. The van der Waals surface area contributed by atoms with E-state index in [1.807, 2.05) is 6.92 Å². The van der Waals surface area contributed by atoms with Crippen molar-refractivity contribution in [1.29, 1.82) is 0 Å². The average molecular weight is 338 g/mol. The van der Waals surface area contributed by atoms with Crippen LogP contribution in [0, 0.1) is 17.3 Å². The van der Waals surface area contributed by atoms with Crippen molar-refractivity contribution in [3.05, 3.63) is 0 Å². The first kappa shape index (κ1) is 16.1. The molecule has 126 valence electrons. The number of carbonyl (C=O) groups is 1. The Morgan fingerprint density at radius 2 is 1.86 bits per heavy atom. The molecule has 2 bridgehead atoms. The number of fused-ring (bicyclic) bond motifs is 1. The molecule has 0 aromatic rings. The predicted octanol–water partition coefficient (Wildman–Crippen LogP) is 2.11. The van der Waals surface area contributed by atoms with E-state index in [1.165, 1.54) is 6.92 Å². The molecule has 0 radical (unpaired) electrons. The average Bonchev–Trinajstić information content (AvgIpc) is 2.74. The van der Waals surface area contributed by atoms with Crippen LogP contribution >= 0.6 is 0 Å². The van der Waals surface area contributed by atoms with Crippen molar-refractivity contribution in [3.8, 4) is 0 Å². The number of esters is 1. The molecule has 22 heavy (non-hydrogen) atoms. The van der Waals surface area contributed by atoms with E-state index < -0.39 is 43.9 Å². The van der Waals surface area contributed by atoms with Crippen molar-refractivity contribution in [2.45, 2.75) is 63.4 Å². The van der Waals surface area contributed by atoms with E-state index in [-0.39, 0.29) is 18.3 Å². The highest BCUT2D eigenvalue weighted by atomic mass is 32.2. The molecule has 3 rings (SSSR count). The maximum Gasteiger partial charge on any atom is 0.377 e. The summed E-state index contributed by atoms with van der Waals surface area (Å²) in [6.45, 7) is 7.20. The maximum atomic E-state index is 13.3. The predicted molar refractivity (Wildman–Crippen MR) is 72.7 cm³/mol. The summed E-state index contributed by atoms with van der Waals surface area (Å²) < 4.78 is 61.6. The molecule has 0 spiro atoms. The molecule has 0 aromatic carbocycles. The zero-order chi connectivity index (χ0) is 16.9. The van der Waals surface area contributed by atoms with Gasteiger partial charge in [-0.1, -0.05) is 13.8 Å². The summed E-state index contributed by atoms with van der Waals surface area (Å²) in [7, 11) is -3.78. The Labute approximate surface area is 128 Å². The lowest BCUT2D eigenvalue weighted by Crippen LogP contribution is -2.61. The molecule has 5 nitrogen and oxygen atoms in total. The molecule has 6 unspecified atom stereocenters. The first-order valence-electron chi connectivity index (χ1n) is 7.26. The molecule has 1 saturated heterocycles. The molecule has 0 aromatic heterocycles. The minimum Gasteiger partial charge on any atom is -0.451 e. The first-order chi connectivity index (χ1) is 9.71. The largest absolute Gasteiger partial charge is 0.451 e. The molecule has 0 N–H and O–H groups in total. The summed E-state index contributed by atoms with van der Waals surface area (Å²) in [6.07, 6.45) is 0.246. The summed E-state index contributed by atoms with van der Waals surface area (Å²) in [6, 6.07) is 0. The molecule has 3 aliphatic rings. The standard InChI is InChI=1S/C14H20F2O5S/c1-7-9-8-6-11(7,2)14(5,20-10(17)13(4,15)16)12(9,3)21-22(8,18)19/h7-9H,6H2,1-5H3. The van der Waals surface area contributed by atoms with Crippen molar-refractivity contribution < 1.29 is 30.9 Å². The Balaban J connectivity index is 2.12. The van der Waals surface area contributed by atoms with Crippen LogP contribution in [0.3, 0.4) is 0 Å². The Morgan fingerprint density at radius 1 is 1.32 bits per heavy atom. The number of ether oxygens (including phenoxy) is 1. The van der Waals surface area contributed by atoms with Crippen molar-refractivity contribution in [2.24, 2.45) is 17.3 Å². The van der Waals surface area contributed by atoms with Crippen LogP contribution in [0.15, 0.2) is 0 Å². The fraction of sp³-hybridized carbons (Fsp3) is 0.929. The fourth-order valence-electron chi connectivity index (χ4n) is 5.01. The molecule has 3 fully saturated rings. The SMILES string of the molecule is CC1C2C3CC1(C)C(C)(OC(=O)C(C)(F)F)C2(C)OS3(=O)=O. The van der Waals surface area contributed by atoms with Crippen molar-refractivity contribution in [2.75, 3.05) is 0 Å². The third-order valence-electron chi connectivity index (χ3n) is 6.56. The number of hydrogen-bond donors (Lipinski definition) is 0. The quantitative estimate of drug-likeness (QED) is 0.570. The van der Waals surface area contributed by atoms with Gasteiger partial charge in [0.2, 0.25) is 0 Å². The van der Waals surface area contributed by atoms with Gasteiger partial charge in [0.1, 0.15) is 11.2 Å². The van der Waals surface area contributed by atoms with E-state index in [0.717, 1.165) is 0 Å². The van der Waals surface area contributed by atoms with Gasteiger partial charge in [-0.25, -0.2) is 4.79 Å². The lowest BCUT2D eigenvalue weighted by atomic mass is 9.65. The third-order valence-corrected chi connectivity index (χ3v) is 8.34. The zero-order valence-corrected chi connectivity index (χ0v) is 14.0. The Hall–Kier alpha value is -0.760. The molecular weight excluding hydrogens is 318 g/mol. The van der Waals surface area contributed by atoms with Crippen LogP contribution in [-0.4, -0.2) is 36.8 Å². The summed E-state index contributed by atoms with van der Waals surface area (Å²) in [5.74, 6) is -5.78. The lowest BCUT2D eigenvalue weighted by molar-refractivity contribution is -0.221. The molecule has 2 saturated carbocycles. The number of alkyl halides is 2. The van der Waals surface area contributed by atoms with Gasteiger partial charge in [-0.15, -0.1) is 0 Å². The maximum absolute atomic E-state index is 13.3. The van der Waals surface area contributed by atoms with E-state index in [9.17, 15) is 22.0 Å². The molecule has 0 amide bonds. The van der Waals surface area contributed by atoms with Gasteiger partial charge in [0.15, 0.2) is 0 Å². The zero-order valence-electron chi connectivity index (χ0n) is 13.1. The summed E-state index contributed by atoms with van der Waals surface area (Å²) in [4.78, 5) is 11.8. The summed E-state index contributed by atoms with van der Waals surface area (Å²) in [5.41, 5.74) is -3.48. The van der Waals surface area contributed by atoms with E-state index in [2.05, 4.69) is 0 Å². The van der Waals surface area contributed by atoms with Crippen LogP contribution in [0.4, 0.5) is 8.78 Å².